The number of likely N-dealkylation sites (tertiary alicyclic amines) is 1. The first-order chi connectivity index (χ1) is 11.8. The topological polar surface area (TPSA) is 51.0 Å². The van der Waals surface area contributed by atoms with Crippen LogP contribution in [-0.2, 0) is 0 Å². The van der Waals surface area contributed by atoms with Crippen LogP contribution in [0, 0.1) is 0 Å². The van der Waals surface area contributed by atoms with Crippen molar-refractivity contribution in [3.63, 3.8) is 0 Å². The number of hydrogen-bond acceptors (Lipinski definition) is 4. The number of para-hydroxylation sites is 1. The van der Waals surface area contributed by atoms with E-state index in [0.717, 1.165) is 42.2 Å². The van der Waals surface area contributed by atoms with E-state index in [2.05, 4.69) is 10.2 Å². The largest absolute Gasteiger partial charge is 0.328 e. The van der Waals surface area contributed by atoms with Crippen molar-refractivity contribution in [1.29, 1.82) is 0 Å². The molecule has 2 aromatic heterocycles. The molecule has 0 unspecified atom stereocenters. The summed E-state index contributed by atoms with van der Waals surface area (Å²) in [6, 6.07) is 13.8. The maximum atomic E-state index is 12.9. The number of carbonyl (C=O) groups is 1. The number of aromatic nitrogens is 3. The third-order valence-electron chi connectivity index (χ3n) is 4.40. The van der Waals surface area contributed by atoms with Gasteiger partial charge in [0.15, 0.2) is 5.82 Å². The maximum absolute atomic E-state index is 12.9. The van der Waals surface area contributed by atoms with Crippen LogP contribution in [0.4, 0.5) is 0 Å². The van der Waals surface area contributed by atoms with Gasteiger partial charge in [-0.25, -0.2) is 0 Å². The molecule has 1 fully saturated rings. The van der Waals surface area contributed by atoms with Crippen molar-refractivity contribution in [2.45, 2.75) is 25.3 Å². The number of thiophene rings is 1. The number of piperidine rings is 1. The molecule has 5 nitrogen and oxygen atoms in total. The number of nitrogens with zero attached hydrogens (tertiary/aromatic N) is 4. The third kappa shape index (κ3) is 2.73. The molecule has 0 saturated carbocycles. The molecule has 6 heteroatoms. The van der Waals surface area contributed by atoms with Crippen LogP contribution in [0.3, 0.4) is 0 Å². The van der Waals surface area contributed by atoms with E-state index < -0.39 is 0 Å². The van der Waals surface area contributed by atoms with E-state index in [1.807, 2.05) is 57.3 Å². The number of carbonyl (C=O) groups excluding carboxylic acids is 1. The fraction of sp³-hybridized carbons (Fsp3) is 0.278. The van der Waals surface area contributed by atoms with Crippen LogP contribution in [0.15, 0.2) is 54.2 Å². The van der Waals surface area contributed by atoms with Crippen LogP contribution >= 0.6 is 11.3 Å². The van der Waals surface area contributed by atoms with Gasteiger partial charge in [0.2, 0.25) is 0 Å². The van der Waals surface area contributed by atoms with Crippen LogP contribution in [0.25, 0.3) is 5.69 Å². The molecule has 122 valence electrons. The molecule has 1 amide bonds. The Morgan fingerprint density at radius 2 is 2.00 bits per heavy atom. The van der Waals surface area contributed by atoms with Gasteiger partial charge in [0.05, 0.1) is 10.9 Å². The fourth-order valence-corrected chi connectivity index (χ4v) is 3.92. The summed E-state index contributed by atoms with van der Waals surface area (Å²) in [7, 11) is 0. The zero-order valence-electron chi connectivity index (χ0n) is 13.2. The predicted molar refractivity (Wildman–Crippen MR) is 93.3 cm³/mol. The molecule has 0 spiro atoms. The summed E-state index contributed by atoms with van der Waals surface area (Å²) < 4.78 is 1.99. The van der Waals surface area contributed by atoms with E-state index >= 15 is 0 Å². The third-order valence-corrected chi connectivity index (χ3v) is 5.26. The lowest BCUT2D eigenvalue weighted by Gasteiger charge is -2.34. The Morgan fingerprint density at radius 1 is 1.12 bits per heavy atom. The van der Waals surface area contributed by atoms with Crippen LogP contribution in [0.1, 0.15) is 40.8 Å². The quantitative estimate of drug-likeness (QED) is 0.732. The molecule has 1 aliphatic heterocycles. The average molecular weight is 338 g/mol. The first-order valence-electron chi connectivity index (χ1n) is 8.14. The second-order valence-corrected chi connectivity index (χ2v) is 6.83. The van der Waals surface area contributed by atoms with Gasteiger partial charge < -0.3 is 4.90 Å². The van der Waals surface area contributed by atoms with Crippen molar-refractivity contribution in [2.75, 3.05) is 6.54 Å². The van der Waals surface area contributed by atoms with Gasteiger partial charge >= 0.3 is 0 Å². The molecule has 3 aromatic rings. The van der Waals surface area contributed by atoms with E-state index in [1.54, 1.807) is 6.33 Å². The Kier molecular flexibility index (Phi) is 4.13. The Bertz CT molecular complexity index is 813. The van der Waals surface area contributed by atoms with Crippen LogP contribution in [0.5, 0.6) is 0 Å². The summed E-state index contributed by atoms with van der Waals surface area (Å²) in [5.74, 6) is 0.933. The predicted octanol–water partition coefficient (Wildman–Crippen LogP) is 3.70. The molecule has 4 rings (SSSR count). The maximum Gasteiger partial charge on any atom is 0.264 e. The molecule has 1 atom stereocenters. The Balaban J connectivity index is 1.70. The van der Waals surface area contributed by atoms with Gasteiger partial charge in [-0.3, -0.25) is 9.36 Å². The molecule has 0 bridgehead atoms. The van der Waals surface area contributed by atoms with Gasteiger partial charge in [-0.15, -0.1) is 21.5 Å². The molecule has 1 saturated heterocycles. The SMILES string of the molecule is O=C(c1cccs1)N1CCCC[C@H]1c1nncn1-c1ccccc1. The van der Waals surface area contributed by atoms with E-state index in [-0.39, 0.29) is 11.9 Å². The van der Waals surface area contributed by atoms with Crippen molar-refractivity contribution in [3.8, 4) is 5.69 Å². The standard InChI is InChI=1S/C18H18N4OS/c23-18(16-10-6-12-24-16)21-11-5-4-9-15(21)17-20-19-13-22(17)14-7-2-1-3-8-14/h1-3,6-8,10,12-13,15H,4-5,9,11H2/t15-/m0/s1. The van der Waals surface area contributed by atoms with Crippen LogP contribution in [0.2, 0.25) is 0 Å². The minimum atomic E-state index is -0.0314. The first kappa shape index (κ1) is 15.1. The highest BCUT2D eigenvalue weighted by Crippen LogP contribution is 2.32. The van der Waals surface area contributed by atoms with Gasteiger partial charge in [0, 0.05) is 12.2 Å². The van der Waals surface area contributed by atoms with Crippen molar-refractivity contribution < 1.29 is 4.79 Å². The molecular weight excluding hydrogens is 320 g/mol. The Labute approximate surface area is 144 Å². The summed E-state index contributed by atoms with van der Waals surface area (Å²) in [6.07, 6.45) is 4.78. The average Bonchev–Trinajstić information content (AvgIpc) is 3.33. The number of hydrogen-bond donors (Lipinski definition) is 0. The second-order valence-electron chi connectivity index (χ2n) is 5.88. The molecule has 1 aliphatic rings. The zero-order chi connectivity index (χ0) is 16.4. The Morgan fingerprint density at radius 3 is 2.79 bits per heavy atom. The highest BCUT2D eigenvalue weighted by molar-refractivity contribution is 7.12. The van der Waals surface area contributed by atoms with Crippen molar-refractivity contribution in [3.05, 3.63) is 64.9 Å². The molecule has 24 heavy (non-hydrogen) atoms. The highest BCUT2D eigenvalue weighted by atomic mass is 32.1. The molecule has 0 aliphatic carbocycles. The Hall–Kier alpha value is -2.47. The summed E-state index contributed by atoms with van der Waals surface area (Å²) in [5, 5.41) is 10.4. The molecule has 1 aromatic carbocycles. The minimum absolute atomic E-state index is 0.0314. The molecule has 0 N–H and O–H groups in total. The van der Waals surface area contributed by atoms with E-state index in [4.69, 9.17) is 0 Å². The van der Waals surface area contributed by atoms with Crippen molar-refractivity contribution in [2.24, 2.45) is 0 Å². The van der Waals surface area contributed by atoms with Crippen molar-refractivity contribution in [1.82, 2.24) is 19.7 Å². The van der Waals surface area contributed by atoms with Gasteiger partial charge in [-0.1, -0.05) is 24.3 Å². The van der Waals surface area contributed by atoms with Gasteiger partial charge in [-0.2, -0.15) is 0 Å². The van der Waals surface area contributed by atoms with Gasteiger partial charge in [0.25, 0.3) is 5.91 Å². The van der Waals surface area contributed by atoms with Crippen LogP contribution in [-0.4, -0.2) is 32.1 Å². The minimum Gasteiger partial charge on any atom is -0.328 e. The summed E-state index contributed by atoms with van der Waals surface area (Å²) in [6.45, 7) is 0.767. The number of amides is 1. The lowest BCUT2D eigenvalue weighted by Crippen LogP contribution is -2.39. The lowest BCUT2D eigenvalue weighted by atomic mass is 10.0. The van der Waals surface area contributed by atoms with Gasteiger partial charge in [0.1, 0.15) is 6.33 Å². The van der Waals surface area contributed by atoms with Gasteiger partial charge in [-0.05, 0) is 42.8 Å². The molecule has 3 heterocycles. The second kappa shape index (κ2) is 6.57. The smallest absolute Gasteiger partial charge is 0.264 e. The normalized spacial score (nSPS) is 17.8. The zero-order valence-corrected chi connectivity index (χ0v) is 14.0. The number of benzene rings is 1. The fourth-order valence-electron chi connectivity index (χ4n) is 3.24. The summed E-state index contributed by atoms with van der Waals surface area (Å²) in [4.78, 5) is 15.6. The first-order valence-corrected chi connectivity index (χ1v) is 9.02. The van der Waals surface area contributed by atoms with E-state index in [0.29, 0.717) is 0 Å². The molecular formula is C18H18N4OS. The summed E-state index contributed by atoms with van der Waals surface area (Å²) in [5.41, 5.74) is 1.02. The van der Waals surface area contributed by atoms with E-state index in [1.165, 1.54) is 11.3 Å². The monoisotopic (exact) mass is 338 g/mol. The molecule has 0 radical (unpaired) electrons. The van der Waals surface area contributed by atoms with Crippen molar-refractivity contribution >= 4 is 17.2 Å². The van der Waals surface area contributed by atoms with E-state index in [9.17, 15) is 4.79 Å². The number of rotatable bonds is 3. The van der Waals surface area contributed by atoms with Crippen LogP contribution < -0.4 is 0 Å². The highest BCUT2D eigenvalue weighted by Gasteiger charge is 2.32. The summed E-state index contributed by atoms with van der Waals surface area (Å²) >= 11 is 1.49. The lowest BCUT2D eigenvalue weighted by molar-refractivity contribution is 0.0602.